The number of fused-ring (bicyclic) bond motifs is 2. The number of aryl methyl sites for hydroxylation is 2. The Labute approximate surface area is 189 Å². The van der Waals surface area contributed by atoms with Crippen molar-refractivity contribution in [3.05, 3.63) is 47.5 Å². The minimum atomic E-state index is 0.0556. The highest BCUT2D eigenvalue weighted by Crippen LogP contribution is 2.32. The zero-order chi connectivity index (χ0) is 22.3. The van der Waals surface area contributed by atoms with Crippen LogP contribution in [0.15, 0.2) is 36.4 Å². The Morgan fingerprint density at radius 1 is 0.844 bits per heavy atom. The molecule has 4 rings (SSSR count). The molecule has 0 atom stereocenters. The minimum absolute atomic E-state index is 0.0556. The fourth-order valence-electron chi connectivity index (χ4n) is 4.19. The summed E-state index contributed by atoms with van der Waals surface area (Å²) in [5.74, 6) is 1.83. The molecule has 2 aliphatic heterocycles. The van der Waals surface area contributed by atoms with Gasteiger partial charge in [0.25, 0.3) is 0 Å². The maximum absolute atomic E-state index is 12.6. The van der Waals surface area contributed by atoms with Gasteiger partial charge in [0.15, 0.2) is 0 Å². The fraction of sp³-hybridized carbons (Fsp3) is 0.462. The largest absolute Gasteiger partial charge is 0.494 e. The number of nitrogens with zero attached hydrogens (tertiary/aromatic N) is 1. The van der Waals surface area contributed by atoms with Gasteiger partial charge in [-0.2, -0.15) is 0 Å². The van der Waals surface area contributed by atoms with E-state index in [0.717, 1.165) is 67.0 Å². The van der Waals surface area contributed by atoms with Gasteiger partial charge in [-0.25, -0.2) is 0 Å². The Morgan fingerprint density at radius 3 is 2.38 bits per heavy atom. The highest BCUT2D eigenvalue weighted by atomic mass is 16.5. The van der Waals surface area contributed by atoms with Crippen LogP contribution in [0.1, 0.15) is 56.6 Å². The molecule has 0 bridgehead atoms. The van der Waals surface area contributed by atoms with E-state index in [4.69, 9.17) is 9.47 Å². The second-order valence-corrected chi connectivity index (χ2v) is 8.46. The molecule has 0 saturated heterocycles. The Balaban J connectivity index is 1.29. The number of amides is 2. The molecule has 0 aromatic heterocycles. The summed E-state index contributed by atoms with van der Waals surface area (Å²) in [7, 11) is 0. The number of hydrogen-bond acceptors (Lipinski definition) is 4. The van der Waals surface area contributed by atoms with E-state index in [0.29, 0.717) is 32.6 Å². The number of rotatable bonds is 10. The summed E-state index contributed by atoms with van der Waals surface area (Å²) < 4.78 is 11.7. The molecule has 1 N–H and O–H groups in total. The predicted molar refractivity (Wildman–Crippen MR) is 126 cm³/mol. The first-order chi connectivity index (χ1) is 15.6. The number of anilines is 2. The molecule has 2 amide bonds. The van der Waals surface area contributed by atoms with E-state index in [9.17, 15) is 9.59 Å². The van der Waals surface area contributed by atoms with E-state index >= 15 is 0 Å². The molecule has 0 aliphatic carbocycles. The Hall–Kier alpha value is -3.02. The Kier molecular flexibility index (Phi) is 7.30. The van der Waals surface area contributed by atoms with Gasteiger partial charge in [-0.15, -0.1) is 0 Å². The number of benzene rings is 2. The molecule has 2 heterocycles. The van der Waals surface area contributed by atoms with Gasteiger partial charge in [0.1, 0.15) is 11.5 Å². The van der Waals surface area contributed by atoms with Crippen molar-refractivity contribution >= 4 is 23.2 Å². The molecule has 2 aromatic rings. The lowest BCUT2D eigenvalue weighted by molar-refractivity contribution is -0.119. The lowest BCUT2D eigenvalue weighted by atomic mass is 10.0. The van der Waals surface area contributed by atoms with Crippen LogP contribution in [-0.2, 0) is 22.4 Å². The standard InChI is InChI=1S/C26H32N2O4/c1-2-3-15-31-22-11-7-20-9-13-26(30)28(24(20)18-22)14-4-5-16-32-21-10-6-19-8-12-25(29)27-23(19)17-21/h6-7,10-11,17-18H,2-5,8-9,12-16H2,1H3,(H,27,29). The molecule has 0 radical (unpaired) electrons. The molecule has 6 nitrogen and oxygen atoms in total. The first kappa shape index (κ1) is 22.2. The first-order valence-corrected chi connectivity index (χ1v) is 11.8. The second kappa shape index (κ2) is 10.5. The molecule has 0 unspecified atom stereocenters. The lowest BCUT2D eigenvalue weighted by Gasteiger charge is -2.30. The summed E-state index contributed by atoms with van der Waals surface area (Å²) in [6.07, 6.45) is 6.48. The number of hydrogen-bond donors (Lipinski definition) is 1. The number of unbranched alkanes of at least 4 members (excludes halogenated alkanes) is 2. The second-order valence-electron chi connectivity index (χ2n) is 8.46. The molecule has 0 saturated carbocycles. The minimum Gasteiger partial charge on any atom is -0.494 e. The van der Waals surface area contributed by atoms with Gasteiger partial charge in [0, 0.05) is 37.2 Å². The summed E-state index contributed by atoms with van der Waals surface area (Å²) in [5, 5.41) is 2.91. The van der Waals surface area contributed by atoms with Crippen LogP contribution >= 0.6 is 0 Å². The topological polar surface area (TPSA) is 67.9 Å². The number of ether oxygens (including phenoxy) is 2. The summed E-state index contributed by atoms with van der Waals surface area (Å²) in [4.78, 5) is 26.1. The number of nitrogens with one attached hydrogen (secondary N) is 1. The summed E-state index contributed by atoms with van der Waals surface area (Å²) >= 11 is 0. The SMILES string of the molecule is CCCCOc1ccc2c(c1)N(CCCCOc1ccc3c(c1)NC(=O)CC3)C(=O)CC2. The third-order valence-corrected chi connectivity index (χ3v) is 6.05. The van der Waals surface area contributed by atoms with E-state index in [1.54, 1.807) is 0 Å². The molecule has 2 aliphatic rings. The average molecular weight is 437 g/mol. The molecule has 32 heavy (non-hydrogen) atoms. The van der Waals surface area contributed by atoms with Crippen molar-refractivity contribution in [1.29, 1.82) is 0 Å². The van der Waals surface area contributed by atoms with Gasteiger partial charge >= 0.3 is 0 Å². The van der Waals surface area contributed by atoms with Crippen LogP contribution in [0.25, 0.3) is 0 Å². The van der Waals surface area contributed by atoms with Crippen LogP contribution < -0.4 is 19.7 Å². The maximum atomic E-state index is 12.6. The highest BCUT2D eigenvalue weighted by molar-refractivity contribution is 5.96. The summed E-state index contributed by atoms with van der Waals surface area (Å²) in [6, 6.07) is 12.0. The van der Waals surface area contributed by atoms with Crippen LogP contribution in [-0.4, -0.2) is 31.6 Å². The molecule has 0 fully saturated rings. The Bertz CT molecular complexity index is 972. The van der Waals surface area contributed by atoms with Gasteiger partial charge in [-0.1, -0.05) is 25.5 Å². The average Bonchev–Trinajstić information content (AvgIpc) is 2.80. The molecule has 170 valence electrons. The normalized spacial score (nSPS) is 15.1. The van der Waals surface area contributed by atoms with Crippen molar-refractivity contribution in [2.75, 3.05) is 30.0 Å². The van der Waals surface area contributed by atoms with E-state index in [1.807, 2.05) is 35.2 Å². The van der Waals surface area contributed by atoms with Crippen LogP contribution in [0.2, 0.25) is 0 Å². The van der Waals surface area contributed by atoms with Crippen molar-refractivity contribution in [1.82, 2.24) is 0 Å². The van der Waals surface area contributed by atoms with Crippen molar-refractivity contribution in [2.45, 2.75) is 58.3 Å². The van der Waals surface area contributed by atoms with Crippen molar-refractivity contribution < 1.29 is 19.1 Å². The third kappa shape index (κ3) is 5.42. The highest BCUT2D eigenvalue weighted by Gasteiger charge is 2.24. The molecule has 6 heteroatoms. The molecule has 0 spiro atoms. The van der Waals surface area contributed by atoms with Gasteiger partial charge in [0.2, 0.25) is 11.8 Å². The van der Waals surface area contributed by atoms with Crippen LogP contribution in [0.4, 0.5) is 11.4 Å². The van der Waals surface area contributed by atoms with Crippen molar-refractivity contribution in [3.8, 4) is 11.5 Å². The quantitative estimate of drug-likeness (QED) is 0.539. The number of carbonyl (C=O) groups excluding carboxylic acids is 2. The van der Waals surface area contributed by atoms with Crippen LogP contribution in [0.5, 0.6) is 11.5 Å². The summed E-state index contributed by atoms with van der Waals surface area (Å²) in [5.41, 5.74) is 4.20. The zero-order valence-electron chi connectivity index (χ0n) is 18.8. The third-order valence-electron chi connectivity index (χ3n) is 6.05. The van der Waals surface area contributed by atoms with Crippen molar-refractivity contribution in [3.63, 3.8) is 0 Å². The van der Waals surface area contributed by atoms with E-state index in [-0.39, 0.29) is 11.8 Å². The Morgan fingerprint density at radius 2 is 1.56 bits per heavy atom. The van der Waals surface area contributed by atoms with Gasteiger partial charge in [0.05, 0.1) is 18.9 Å². The van der Waals surface area contributed by atoms with Gasteiger partial charge < -0.3 is 19.7 Å². The van der Waals surface area contributed by atoms with Crippen molar-refractivity contribution in [2.24, 2.45) is 0 Å². The van der Waals surface area contributed by atoms with Crippen LogP contribution in [0.3, 0.4) is 0 Å². The van der Waals surface area contributed by atoms with E-state index < -0.39 is 0 Å². The first-order valence-electron chi connectivity index (χ1n) is 11.8. The number of carbonyl (C=O) groups is 2. The fourth-order valence-corrected chi connectivity index (χ4v) is 4.19. The monoisotopic (exact) mass is 436 g/mol. The lowest BCUT2D eigenvalue weighted by Crippen LogP contribution is -2.36. The van der Waals surface area contributed by atoms with E-state index in [1.165, 1.54) is 5.56 Å². The summed E-state index contributed by atoms with van der Waals surface area (Å²) in [6.45, 7) is 4.09. The molecular formula is C26H32N2O4. The molecule has 2 aromatic carbocycles. The molecular weight excluding hydrogens is 404 g/mol. The smallest absolute Gasteiger partial charge is 0.227 e. The maximum Gasteiger partial charge on any atom is 0.227 e. The van der Waals surface area contributed by atoms with Crippen LogP contribution in [0, 0.1) is 0 Å². The zero-order valence-corrected chi connectivity index (χ0v) is 18.8. The van der Waals surface area contributed by atoms with Gasteiger partial charge in [-0.3, -0.25) is 9.59 Å². The predicted octanol–water partition coefficient (Wildman–Crippen LogP) is 4.89. The van der Waals surface area contributed by atoms with Gasteiger partial charge in [-0.05, 0) is 55.4 Å². The van der Waals surface area contributed by atoms with E-state index in [2.05, 4.69) is 18.3 Å².